The van der Waals surface area contributed by atoms with Crippen molar-refractivity contribution in [3.05, 3.63) is 11.6 Å². The van der Waals surface area contributed by atoms with Gasteiger partial charge in [0, 0.05) is 5.92 Å². The smallest absolute Gasteiger partial charge is 0.161 e. The first-order valence-corrected chi connectivity index (χ1v) is 4.84. The van der Waals surface area contributed by atoms with E-state index < -0.39 is 0 Å². The quantitative estimate of drug-likeness (QED) is 0.538. The molecule has 0 bridgehead atoms. The van der Waals surface area contributed by atoms with Crippen LogP contribution in [0.3, 0.4) is 0 Å². The summed E-state index contributed by atoms with van der Waals surface area (Å²) in [4.78, 5) is 11.7. The first-order chi connectivity index (χ1) is 5.63. The topological polar surface area (TPSA) is 17.1 Å². The molecule has 0 aromatic carbocycles. The molecule has 0 radical (unpaired) electrons. The van der Waals surface area contributed by atoms with Gasteiger partial charge in [0.15, 0.2) is 5.78 Å². The Morgan fingerprint density at radius 2 is 2.33 bits per heavy atom. The first kappa shape index (κ1) is 8.03. The van der Waals surface area contributed by atoms with Crippen molar-refractivity contribution in [2.24, 2.45) is 11.3 Å². The molecule has 0 saturated heterocycles. The third kappa shape index (κ3) is 0.954. The van der Waals surface area contributed by atoms with Gasteiger partial charge in [0.25, 0.3) is 0 Å². The molecule has 2 rings (SSSR count). The number of carbonyl (C=O) groups excluding carboxylic acids is 1. The molecule has 2 atom stereocenters. The normalized spacial score (nSPS) is 41.0. The van der Waals surface area contributed by atoms with E-state index in [4.69, 9.17) is 0 Å². The minimum atomic E-state index is 0.316. The minimum absolute atomic E-state index is 0.316. The molecule has 0 spiro atoms. The number of ketones is 1. The van der Waals surface area contributed by atoms with Gasteiger partial charge in [-0.15, -0.1) is 0 Å². The van der Waals surface area contributed by atoms with Crippen LogP contribution < -0.4 is 0 Å². The number of hydrogen-bond donors (Lipinski definition) is 0. The molecule has 2 unspecified atom stereocenters. The SMILES string of the molecule is CC1=CCC2(C)CCCC2C1=O. The van der Waals surface area contributed by atoms with Crippen LogP contribution in [0, 0.1) is 11.3 Å². The van der Waals surface area contributed by atoms with Crippen LogP contribution in [0.25, 0.3) is 0 Å². The van der Waals surface area contributed by atoms with Gasteiger partial charge in [0.1, 0.15) is 0 Å². The zero-order valence-corrected chi connectivity index (χ0v) is 7.89. The van der Waals surface area contributed by atoms with Crippen molar-refractivity contribution in [1.82, 2.24) is 0 Å². The second kappa shape index (κ2) is 2.45. The first-order valence-electron chi connectivity index (χ1n) is 4.84. The monoisotopic (exact) mass is 164 g/mol. The summed E-state index contributed by atoms with van der Waals surface area (Å²) in [6.07, 6.45) is 6.86. The zero-order chi connectivity index (χ0) is 8.77. The van der Waals surface area contributed by atoms with Gasteiger partial charge in [-0.05, 0) is 37.2 Å². The summed E-state index contributed by atoms with van der Waals surface area (Å²) in [6, 6.07) is 0. The Balaban J connectivity index is 2.34. The maximum atomic E-state index is 11.7. The van der Waals surface area contributed by atoms with Crippen molar-refractivity contribution >= 4 is 5.78 Å². The predicted octanol–water partition coefficient (Wildman–Crippen LogP) is 2.71. The third-order valence-electron chi connectivity index (χ3n) is 3.66. The number of allylic oxidation sites excluding steroid dienone is 2. The molecule has 0 aromatic heterocycles. The van der Waals surface area contributed by atoms with E-state index in [0.29, 0.717) is 17.1 Å². The number of carbonyl (C=O) groups is 1. The molecule has 0 heterocycles. The van der Waals surface area contributed by atoms with E-state index in [-0.39, 0.29) is 0 Å². The van der Waals surface area contributed by atoms with Gasteiger partial charge < -0.3 is 0 Å². The summed E-state index contributed by atoms with van der Waals surface area (Å²) in [6.45, 7) is 4.23. The molecular formula is C11H16O. The molecule has 0 aliphatic heterocycles. The van der Waals surface area contributed by atoms with Crippen LogP contribution >= 0.6 is 0 Å². The lowest BCUT2D eigenvalue weighted by Crippen LogP contribution is -2.32. The molecule has 0 N–H and O–H groups in total. The average molecular weight is 164 g/mol. The van der Waals surface area contributed by atoms with Crippen LogP contribution in [0.1, 0.15) is 39.5 Å². The fraction of sp³-hybridized carbons (Fsp3) is 0.727. The van der Waals surface area contributed by atoms with Crippen molar-refractivity contribution in [3.8, 4) is 0 Å². The molecular weight excluding hydrogens is 148 g/mol. The zero-order valence-electron chi connectivity index (χ0n) is 7.89. The fourth-order valence-corrected chi connectivity index (χ4v) is 2.69. The number of hydrogen-bond acceptors (Lipinski definition) is 1. The van der Waals surface area contributed by atoms with E-state index >= 15 is 0 Å². The molecule has 12 heavy (non-hydrogen) atoms. The lowest BCUT2D eigenvalue weighted by Gasteiger charge is -2.33. The second-order valence-corrected chi connectivity index (χ2v) is 4.55. The summed E-state index contributed by atoms with van der Waals surface area (Å²) >= 11 is 0. The predicted molar refractivity (Wildman–Crippen MR) is 48.8 cm³/mol. The van der Waals surface area contributed by atoms with E-state index in [0.717, 1.165) is 18.4 Å². The molecule has 66 valence electrons. The van der Waals surface area contributed by atoms with Crippen molar-refractivity contribution in [1.29, 1.82) is 0 Å². The van der Waals surface area contributed by atoms with Gasteiger partial charge in [0.05, 0.1) is 0 Å². The van der Waals surface area contributed by atoms with Crippen molar-refractivity contribution in [2.45, 2.75) is 39.5 Å². The Kier molecular flexibility index (Phi) is 1.64. The Morgan fingerprint density at radius 1 is 1.58 bits per heavy atom. The minimum Gasteiger partial charge on any atom is -0.294 e. The Hall–Kier alpha value is -0.590. The fourth-order valence-electron chi connectivity index (χ4n) is 2.69. The molecule has 0 amide bonds. The maximum absolute atomic E-state index is 11.7. The molecule has 1 saturated carbocycles. The molecule has 2 aliphatic carbocycles. The van der Waals surface area contributed by atoms with Gasteiger partial charge >= 0.3 is 0 Å². The summed E-state index contributed by atoms with van der Waals surface area (Å²) < 4.78 is 0. The van der Waals surface area contributed by atoms with Gasteiger partial charge in [0.2, 0.25) is 0 Å². The summed E-state index contributed by atoms with van der Waals surface area (Å²) in [5.74, 6) is 0.767. The molecule has 1 fully saturated rings. The van der Waals surface area contributed by atoms with Crippen LogP contribution in [0.15, 0.2) is 11.6 Å². The van der Waals surface area contributed by atoms with E-state index in [1.165, 1.54) is 12.8 Å². The molecule has 2 aliphatic rings. The molecule has 1 nitrogen and oxygen atoms in total. The van der Waals surface area contributed by atoms with Crippen LogP contribution in [-0.4, -0.2) is 5.78 Å². The highest BCUT2D eigenvalue weighted by atomic mass is 16.1. The van der Waals surface area contributed by atoms with Crippen molar-refractivity contribution < 1.29 is 4.79 Å². The van der Waals surface area contributed by atoms with E-state index in [9.17, 15) is 4.79 Å². The maximum Gasteiger partial charge on any atom is 0.161 e. The highest BCUT2D eigenvalue weighted by molar-refractivity contribution is 5.98. The largest absolute Gasteiger partial charge is 0.294 e. The van der Waals surface area contributed by atoms with E-state index in [1.54, 1.807) is 0 Å². The molecule has 1 heteroatoms. The van der Waals surface area contributed by atoms with Crippen LogP contribution in [0.4, 0.5) is 0 Å². The summed E-state index contributed by atoms with van der Waals surface area (Å²) in [5, 5.41) is 0. The van der Waals surface area contributed by atoms with Crippen molar-refractivity contribution in [3.63, 3.8) is 0 Å². The van der Waals surface area contributed by atoms with Gasteiger partial charge in [-0.3, -0.25) is 4.79 Å². The second-order valence-electron chi connectivity index (χ2n) is 4.55. The molecule has 0 aromatic rings. The number of fused-ring (bicyclic) bond motifs is 1. The lowest BCUT2D eigenvalue weighted by atomic mass is 9.70. The van der Waals surface area contributed by atoms with Crippen LogP contribution in [0.2, 0.25) is 0 Å². The van der Waals surface area contributed by atoms with Crippen molar-refractivity contribution in [2.75, 3.05) is 0 Å². The number of Topliss-reactive ketones (excluding diaryl/α,β-unsaturated/α-hetero) is 1. The average Bonchev–Trinajstić information content (AvgIpc) is 2.42. The van der Waals surface area contributed by atoms with Gasteiger partial charge in [-0.2, -0.15) is 0 Å². The lowest BCUT2D eigenvalue weighted by molar-refractivity contribution is -0.122. The highest BCUT2D eigenvalue weighted by Crippen LogP contribution is 2.49. The third-order valence-corrected chi connectivity index (χ3v) is 3.66. The van der Waals surface area contributed by atoms with E-state index in [2.05, 4.69) is 13.0 Å². The van der Waals surface area contributed by atoms with Gasteiger partial charge in [-0.1, -0.05) is 19.4 Å². The van der Waals surface area contributed by atoms with E-state index in [1.807, 2.05) is 6.92 Å². The Labute approximate surface area is 73.8 Å². The Morgan fingerprint density at radius 3 is 3.08 bits per heavy atom. The summed E-state index contributed by atoms with van der Waals surface area (Å²) in [7, 11) is 0. The standard InChI is InChI=1S/C11H16O/c1-8-5-7-11(2)6-3-4-9(11)10(8)12/h5,9H,3-4,6-7H2,1-2H3. The van der Waals surface area contributed by atoms with Crippen LogP contribution in [0.5, 0.6) is 0 Å². The van der Waals surface area contributed by atoms with Gasteiger partial charge in [-0.25, -0.2) is 0 Å². The highest BCUT2D eigenvalue weighted by Gasteiger charge is 2.44. The number of rotatable bonds is 0. The van der Waals surface area contributed by atoms with Crippen LogP contribution in [-0.2, 0) is 4.79 Å². The summed E-state index contributed by atoms with van der Waals surface area (Å²) in [5.41, 5.74) is 1.32. The Bertz CT molecular complexity index is 252.